The van der Waals surface area contributed by atoms with E-state index in [1.807, 2.05) is 26.6 Å². The van der Waals surface area contributed by atoms with Crippen LogP contribution < -0.4 is 0 Å². The smallest absolute Gasteiger partial charge is 0.303 e. The van der Waals surface area contributed by atoms with Crippen LogP contribution in [0, 0.1) is 5.41 Å². The van der Waals surface area contributed by atoms with Gasteiger partial charge in [0.2, 0.25) is 8.32 Å². The molecule has 0 radical (unpaired) electrons. The first kappa shape index (κ1) is 11.7. The number of hydrogen-bond acceptors (Lipinski definition) is 4. The number of carbonyl (C=O) groups is 1. The first-order valence-electron chi connectivity index (χ1n) is 4.72. The highest BCUT2D eigenvalue weighted by molar-refractivity contribution is 6.71. The first-order valence-corrected chi connectivity index (χ1v) is 8.13. The summed E-state index contributed by atoms with van der Waals surface area (Å²) >= 11 is 0. The van der Waals surface area contributed by atoms with Crippen molar-refractivity contribution in [3.05, 3.63) is 0 Å². The van der Waals surface area contributed by atoms with E-state index >= 15 is 0 Å². The summed E-state index contributed by atoms with van der Waals surface area (Å²) < 4.78 is 15.6. The molecule has 4 nitrogen and oxygen atoms in total. The minimum atomic E-state index is -1.81. The molecule has 1 rings (SSSR count). The molecule has 0 aromatic rings. The standard InChI is InChI=1S/C9H18O4Si/c1-9(5-11-7-12-6-9)8(10)13-14(2,3)4/h5-7H2,1-4H3. The van der Waals surface area contributed by atoms with Crippen molar-refractivity contribution in [3.8, 4) is 0 Å². The van der Waals surface area contributed by atoms with E-state index in [2.05, 4.69) is 0 Å². The van der Waals surface area contributed by atoms with Gasteiger partial charge in [-0.25, -0.2) is 0 Å². The van der Waals surface area contributed by atoms with Crippen LogP contribution in [0.4, 0.5) is 0 Å². The quantitative estimate of drug-likeness (QED) is 0.657. The van der Waals surface area contributed by atoms with Gasteiger partial charge in [0.25, 0.3) is 0 Å². The van der Waals surface area contributed by atoms with Crippen LogP contribution in [-0.2, 0) is 18.7 Å². The molecule has 0 aliphatic carbocycles. The Morgan fingerprint density at radius 3 is 2.21 bits per heavy atom. The lowest BCUT2D eigenvalue weighted by atomic mass is 9.93. The van der Waals surface area contributed by atoms with Crippen molar-refractivity contribution in [1.29, 1.82) is 0 Å². The van der Waals surface area contributed by atoms with Crippen molar-refractivity contribution >= 4 is 14.3 Å². The average molecular weight is 218 g/mol. The second-order valence-corrected chi connectivity index (χ2v) is 9.31. The van der Waals surface area contributed by atoms with E-state index in [0.29, 0.717) is 13.2 Å². The maximum Gasteiger partial charge on any atom is 0.303 e. The molecular formula is C9H18O4Si. The Labute approximate surface area is 85.7 Å². The molecule has 1 heterocycles. The molecule has 0 aromatic carbocycles. The van der Waals surface area contributed by atoms with Gasteiger partial charge in [-0.1, -0.05) is 0 Å². The van der Waals surface area contributed by atoms with Crippen LogP contribution in [0.1, 0.15) is 6.92 Å². The van der Waals surface area contributed by atoms with Gasteiger partial charge in [-0.3, -0.25) is 4.79 Å². The molecule has 0 amide bonds. The molecule has 82 valence electrons. The summed E-state index contributed by atoms with van der Waals surface area (Å²) in [6.45, 7) is 8.81. The predicted octanol–water partition coefficient (Wildman–Crippen LogP) is 1.38. The molecule has 0 spiro atoms. The maximum absolute atomic E-state index is 11.8. The van der Waals surface area contributed by atoms with Gasteiger partial charge < -0.3 is 13.9 Å². The second-order valence-electron chi connectivity index (χ2n) is 4.88. The topological polar surface area (TPSA) is 44.8 Å². The molecule has 0 N–H and O–H groups in total. The number of carbonyl (C=O) groups excluding carboxylic acids is 1. The highest BCUT2D eigenvalue weighted by atomic mass is 28.4. The third-order valence-corrected chi connectivity index (χ3v) is 2.70. The molecule has 0 unspecified atom stereocenters. The third-order valence-electron chi connectivity index (χ3n) is 1.90. The van der Waals surface area contributed by atoms with E-state index in [9.17, 15) is 4.79 Å². The minimum absolute atomic E-state index is 0.198. The maximum atomic E-state index is 11.8. The van der Waals surface area contributed by atoms with Gasteiger partial charge in [0.15, 0.2) is 0 Å². The second kappa shape index (κ2) is 4.00. The van der Waals surface area contributed by atoms with Gasteiger partial charge in [-0.2, -0.15) is 0 Å². The fourth-order valence-corrected chi connectivity index (χ4v) is 1.96. The van der Waals surface area contributed by atoms with Gasteiger partial charge in [0.05, 0.1) is 13.2 Å². The summed E-state index contributed by atoms with van der Waals surface area (Å²) in [6, 6.07) is 0. The van der Waals surface area contributed by atoms with Crippen molar-refractivity contribution in [2.75, 3.05) is 20.0 Å². The Hall–Kier alpha value is -0.393. The highest BCUT2D eigenvalue weighted by Crippen LogP contribution is 2.24. The van der Waals surface area contributed by atoms with Gasteiger partial charge in [-0.05, 0) is 26.6 Å². The van der Waals surface area contributed by atoms with E-state index < -0.39 is 13.7 Å². The van der Waals surface area contributed by atoms with Crippen LogP contribution in [0.15, 0.2) is 0 Å². The Bertz CT molecular complexity index is 215. The fourth-order valence-electron chi connectivity index (χ4n) is 1.15. The first-order chi connectivity index (χ1) is 6.33. The fraction of sp³-hybridized carbons (Fsp3) is 0.889. The monoisotopic (exact) mass is 218 g/mol. The number of rotatable bonds is 2. The molecule has 14 heavy (non-hydrogen) atoms. The molecule has 1 fully saturated rings. The lowest BCUT2D eigenvalue weighted by Gasteiger charge is -2.33. The predicted molar refractivity (Wildman–Crippen MR) is 54.3 cm³/mol. The molecule has 0 aromatic heterocycles. The zero-order valence-electron chi connectivity index (χ0n) is 9.25. The summed E-state index contributed by atoms with van der Waals surface area (Å²) in [6.07, 6.45) is 0. The van der Waals surface area contributed by atoms with Crippen molar-refractivity contribution in [2.45, 2.75) is 26.6 Å². The lowest BCUT2D eigenvalue weighted by molar-refractivity contribution is -0.185. The van der Waals surface area contributed by atoms with Crippen molar-refractivity contribution in [1.82, 2.24) is 0 Å². The molecule has 1 saturated heterocycles. The van der Waals surface area contributed by atoms with Gasteiger partial charge in [-0.15, -0.1) is 0 Å². The van der Waals surface area contributed by atoms with E-state index in [0.717, 1.165) is 0 Å². The SMILES string of the molecule is CC1(C(=O)O[Si](C)(C)C)COCOC1. The normalized spacial score (nSPS) is 21.7. The summed E-state index contributed by atoms with van der Waals surface area (Å²) in [7, 11) is -1.81. The Kier molecular flexibility index (Phi) is 3.34. The molecule has 0 atom stereocenters. The molecule has 0 bridgehead atoms. The van der Waals surface area contributed by atoms with Crippen LogP contribution in [0.2, 0.25) is 19.6 Å². The Balaban J connectivity index is 2.58. The summed E-state index contributed by atoms with van der Waals surface area (Å²) in [4.78, 5) is 11.8. The Morgan fingerprint density at radius 2 is 1.79 bits per heavy atom. The van der Waals surface area contributed by atoms with Crippen LogP contribution in [0.5, 0.6) is 0 Å². The van der Waals surface area contributed by atoms with Crippen molar-refractivity contribution in [2.24, 2.45) is 5.41 Å². The van der Waals surface area contributed by atoms with Crippen molar-refractivity contribution in [3.63, 3.8) is 0 Å². The number of hydrogen-bond donors (Lipinski definition) is 0. The molecule has 5 heteroatoms. The van der Waals surface area contributed by atoms with Crippen LogP contribution in [-0.4, -0.2) is 34.3 Å². The van der Waals surface area contributed by atoms with Gasteiger partial charge >= 0.3 is 5.97 Å². The van der Waals surface area contributed by atoms with Crippen LogP contribution in [0.3, 0.4) is 0 Å². The van der Waals surface area contributed by atoms with Crippen LogP contribution in [0.25, 0.3) is 0 Å². The van der Waals surface area contributed by atoms with E-state index in [4.69, 9.17) is 13.9 Å². The summed E-state index contributed by atoms with van der Waals surface area (Å²) in [5.41, 5.74) is -0.626. The summed E-state index contributed by atoms with van der Waals surface area (Å²) in [5.74, 6) is -0.198. The minimum Gasteiger partial charge on any atom is -0.519 e. The van der Waals surface area contributed by atoms with Crippen LogP contribution >= 0.6 is 0 Å². The van der Waals surface area contributed by atoms with E-state index in [1.54, 1.807) is 0 Å². The highest BCUT2D eigenvalue weighted by Gasteiger charge is 2.40. The van der Waals surface area contributed by atoms with Gasteiger partial charge in [0.1, 0.15) is 12.2 Å². The largest absolute Gasteiger partial charge is 0.519 e. The lowest BCUT2D eigenvalue weighted by Crippen LogP contribution is -2.46. The van der Waals surface area contributed by atoms with Gasteiger partial charge in [0, 0.05) is 0 Å². The molecule has 0 saturated carbocycles. The zero-order chi connectivity index (χ0) is 10.8. The van der Waals surface area contributed by atoms with Crippen molar-refractivity contribution < 1.29 is 18.7 Å². The Morgan fingerprint density at radius 1 is 1.29 bits per heavy atom. The van der Waals surface area contributed by atoms with E-state index in [1.165, 1.54) is 0 Å². The average Bonchev–Trinajstić information content (AvgIpc) is 2.02. The molecule has 1 aliphatic heterocycles. The number of ether oxygens (including phenoxy) is 2. The zero-order valence-corrected chi connectivity index (χ0v) is 10.3. The molecular weight excluding hydrogens is 200 g/mol. The summed E-state index contributed by atoms with van der Waals surface area (Å²) in [5, 5.41) is 0. The van der Waals surface area contributed by atoms with E-state index in [-0.39, 0.29) is 12.8 Å². The molecule has 1 aliphatic rings. The third kappa shape index (κ3) is 3.08.